The SMILES string of the molecule is CC(C)(C)OC(=O)N1CCC(n2ncc3c([N+](=O)[O-])cccc32)CC1.O=[N+]([O-])c1cccc2[nH]ncc12. The fraction of sp³-hybridized carbons (Fsp3) is 0.375. The van der Waals surface area contributed by atoms with Crippen molar-refractivity contribution >= 4 is 39.3 Å². The standard InChI is InChI=1S/C17H22N4O4.C7H5N3O2/c1-17(2,3)25-16(22)19-9-7-12(8-10-19)20-14-5-4-6-15(21(23)24)13(14)11-18-20;11-10(12)7-3-1-2-6-5(7)4-8-9-6/h4-6,11-12H,7-10H2,1-3H3;1-4H,(H,8,9). The van der Waals surface area contributed by atoms with E-state index in [-0.39, 0.29) is 28.4 Å². The summed E-state index contributed by atoms with van der Waals surface area (Å²) in [5.41, 5.74) is 1.08. The first-order valence-electron chi connectivity index (χ1n) is 11.7. The van der Waals surface area contributed by atoms with E-state index < -0.39 is 10.5 Å². The van der Waals surface area contributed by atoms with Gasteiger partial charge in [-0.1, -0.05) is 12.1 Å². The van der Waals surface area contributed by atoms with Crippen LogP contribution in [0.5, 0.6) is 0 Å². The van der Waals surface area contributed by atoms with Crippen LogP contribution in [0.4, 0.5) is 16.2 Å². The van der Waals surface area contributed by atoms with E-state index in [9.17, 15) is 25.0 Å². The molecule has 194 valence electrons. The van der Waals surface area contributed by atoms with Crippen LogP contribution in [0, 0.1) is 20.2 Å². The second kappa shape index (κ2) is 10.2. The van der Waals surface area contributed by atoms with Crippen LogP contribution >= 0.6 is 0 Å². The van der Waals surface area contributed by atoms with Gasteiger partial charge in [0.15, 0.2) is 0 Å². The number of aromatic amines is 1. The number of rotatable bonds is 3. The number of non-ortho nitro benzene ring substituents is 2. The van der Waals surface area contributed by atoms with Crippen molar-refractivity contribution in [3.8, 4) is 0 Å². The number of carbonyl (C=O) groups excluding carboxylic acids is 1. The first kappa shape index (κ1) is 25.5. The molecule has 3 heterocycles. The Kier molecular flexibility index (Phi) is 7.05. The molecule has 13 heteroatoms. The first-order valence-corrected chi connectivity index (χ1v) is 11.7. The number of likely N-dealkylation sites (tertiary alicyclic amines) is 1. The summed E-state index contributed by atoms with van der Waals surface area (Å²) in [6.45, 7) is 6.70. The molecule has 1 aliphatic rings. The van der Waals surface area contributed by atoms with Gasteiger partial charge in [-0.05, 0) is 45.7 Å². The number of piperidine rings is 1. The van der Waals surface area contributed by atoms with Crippen LogP contribution < -0.4 is 0 Å². The Morgan fingerprint density at radius 2 is 1.62 bits per heavy atom. The molecule has 0 saturated carbocycles. The second-order valence-electron chi connectivity index (χ2n) is 9.62. The topological polar surface area (TPSA) is 162 Å². The lowest BCUT2D eigenvalue weighted by Crippen LogP contribution is -2.42. The number of carbonyl (C=O) groups is 1. The number of nitrogens with zero attached hydrogens (tertiary/aromatic N) is 6. The van der Waals surface area contributed by atoms with E-state index in [2.05, 4.69) is 15.3 Å². The van der Waals surface area contributed by atoms with Crippen LogP contribution in [0.3, 0.4) is 0 Å². The molecule has 0 atom stereocenters. The third kappa shape index (κ3) is 5.66. The van der Waals surface area contributed by atoms with Crippen molar-refractivity contribution in [2.75, 3.05) is 13.1 Å². The van der Waals surface area contributed by atoms with Crippen molar-refractivity contribution in [2.45, 2.75) is 45.3 Å². The number of H-pyrrole nitrogens is 1. The highest BCUT2D eigenvalue weighted by atomic mass is 16.6. The van der Waals surface area contributed by atoms with Crippen molar-refractivity contribution < 1.29 is 19.4 Å². The zero-order chi connectivity index (χ0) is 26.7. The molecule has 0 aliphatic carbocycles. The number of hydrogen-bond donors (Lipinski definition) is 1. The number of nitro groups is 2. The predicted octanol–water partition coefficient (Wildman–Crippen LogP) is 4.99. The monoisotopic (exact) mass is 509 g/mol. The Labute approximate surface area is 211 Å². The highest BCUT2D eigenvalue weighted by molar-refractivity contribution is 5.88. The van der Waals surface area contributed by atoms with Gasteiger partial charge in [0, 0.05) is 25.2 Å². The minimum absolute atomic E-state index is 0.0648. The first-order chi connectivity index (χ1) is 17.5. The fourth-order valence-corrected chi connectivity index (χ4v) is 4.24. The Hall–Kier alpha value is -4.55. The molecule has 1 saturated heterocycles. The molecule has 1 amide bonds. The number of amides is 1. The lowest BCUT2D eigenvalue weighted by molar-refractivity contribution is -0.383. The Balaban J connectivity index is 0.000000222. The average molecular weight is 510 g/mol. The molecule has 1 aliphatic heterocycles. The molecular formula is C24H27N7O6. The third-order valence-corrected chi connectivity index (χ3v) is 5.94. The number of ether oxygens (including phenoxy) is 1. The summed E-state index contributed by atoms with van der Waals surface area (Å²) in [5, 5.41) is 33.5. The maximum atomic E-state index is 12.1. The highest BCUT2D eigenvalue weighted by Crippen LogP contribution is 2.31. The van der Waals surface area contributed by atoms with Gasteiger partial charge in [0.2, 0.25) is 0 Å². The highest BCUT2D eigenvalue weighted by Gasteiger charge is 2.29. The molecule has 1 fully saturated rings. The van der Waals surface area contributed by atoms with Gasteiger partial charge in [0.1, 0.15) is 5.60 Å². The lowest BCUT2D eigenvalue weighted by atomic mass is 10.1. The number of nitrogens with one attached hydrogen (secondary N) is 1. The normalized spacial score (nSPS) is 14.3. The van der Waals surface area contributed by atoms with Crippen LogP contribution in [-0.2, 0) is 4.74 Å². The molecule has 2 aromatic carbocycles. The van der Waals surface area contributed by atoms with Crippen molar-refractivity contribution in [1.29, 1.82) is 0 Å². The van der Waals surface area contributed by atoms with Gasteiger partial charge >= 0.3 is 6.09 Å². The number of aromatic nitrogens is 4. The Bertz CT molecular complexity index is 1450. The molecular weight excluding hydrogens is 482 g/mol. The minimum atomic E-state index is -0.509. The average Bonchev–Trinajstić information content (AvgIpc) is 3.50. The van der Waals surface area contributed by atoms with E-state index in [1.165, 1.54) is 18.3 Å². The van der Waals surface area contributed by atoms with Crippen molar-refractivity contribution in [3.63, 3.8) is 0 Å². The van der Waals surface area contributed by atoms with E-state index >= 15 is 0 Å². The number of hydrogen-bond acceptors (Lipinski definition) is 8. The Morgan fingerprint density at radius 1 is 1.00 bits per heavy atom. The summed E-state index contributed by atoms with van der Waals surface area (Å²) in [6, 6.07) is 9.94. The minimum Gasteiger partial charge on any atom is -0.444 e. The van der Waals surface area contributed by atoms with Gasteiger partial charge in [-0.3, -0.25) is 30.0 Å². The zero-order valence-corrected chi connectivity index (χ0v) is 20.7. The van der Waals surface area contributed by atoms with Crippen LogP contribution in [0.25, 0.3) is 21.8 Å². The molecule has 0 unspecified atom stereocenters. The van der Waals surface area contributed by atoms with Crippen molar-refractivity contribution in [2.24, 2.45) is 0 Å². The summed E-state index contributed by atoms with van der Waals surface area (Å²) in [7, 11) is 0. The van der Waals surface area contributed by atoms with Crippen molar-refractivity contribution in [1.82, 2.24) is 24.9 Å². The maximum Gasteiger partial charge on any atom is 0.410 e. The van der Waals surface area contributed by atoms with E-state index in [1.54, 1.807) is 29.3 Å². The van der Waals surface area contributed by atoms with E-state index in [0.717, 1.165) is 18.4 Å². The van der Waals surface area contributed by atoms with Gasteiger partial charge in [-0.25, -0.2) is 4.79 Å². The van der Waals surface area contributed by atoms with Crippen LogP contribution in [0.15, 0.2) is 48.8 Å². The molecule has 4 aromatic rings. The van der Waals surface area contributed by atoms with E-state index in [4.69, 9.17) is 4.74 Å². The smallest absolute Gasteiger partial charge is 0.410 e. The zero-order valence-electron chi connectivity index (χ0n) is 20.7. The predicted molar refractivity (Wildman–Crippen MR) is 135 cm³/mol. The Morgan fingerprint density at radius 3 is 2.24 bits per heavy atom. The molecule has 5 rings (SSSR count). The van der Waals surface area contributed by atoms with Gasteiger partial charge < -0.3 is 9.64 Å². The molecule has 2 aromatic heterocycles. The summed E-state index contributed by atoms with van der Waals surface area (Å²) < 4.78 is 7.25. The maximum absolute atomic E-state index is 12.1. The second-order valence-corrected chi connectivity index (χ2v) is 9.62. The third-order valence-electron chi connectivity index (χ3n) is 5.94. The summed E-state index contributed by atoms with van der Waals surface area (Å²) in [5.74, 6) is 0. The summed E-state index contributed by atoms with van der Waals surface area (Å²) >= 11 is 0. The van der Waals surface area contributed by atoms with Crippen molar-refractivity contribution in [3.05, 3.63) is 69.0 Å². The summed E-state index contributed by atoms with van der Waals surface area (Å²) in [4.78, 5) is 34.7. The van der Waals surface area contributed by atoms with E-state index in [0.29, 0.717) is 29.4 Å². The lowest BCUT2D eigenvalue weighted by Gasteiger charge is -2.33. The van der Waals surface area contributed by atoms with Gasteiger partial charge in [-0.15, -0.1) is 0 Å². The molecule has 0 bridgehead atoms. The molecule has 1 N–H and O–H groups in total. The fourth-order valence-electron chi connectivity index (χ4n) is 4.24. The molecule has 0 radical (unpaired) electrons. The largest absolute Gasteiger partial charge is 0.444 e. The molecule has 37 heavy (non-hydrogen) atoms. The molecule has 0 spiro atoms. The van der Waals surface area contributed by atoms with Crippen LogP contribution in [0.2, 0.25) is 0 Å². The van der Waals surface area contributed by atoms with E-state index in [1.807, 2.05) is 31.5 Å². The van der Waals surface area contributed by atoms with Gasteiger partial charge in [0.05, 0.1) is 50.1 Å². The summed E-state index contributed by atoms with van der Waals surface area (Å²) in [6.07, 6.45) is 4.17. The number of nitro benzene ring substituents is 2. The van der Waals surface area contributed by atoms with Crippen LogP contribution in [0.1, 0.15) is 39.7 Å². The van der Waals surface area contributed by atoms with Gasteiger partial charge in [-0.2, -0.15) is 10.2 Å². The quantitative estimate of drug-likeness (QED) is 0.298. The molecule has 13 nitrogen and oxygen atoms in total. The van der Waals surface area contributed by atoms with Gasteiger partial charge in [0.25, 0.3) is 11.4 Å². The number of fused-ring (bicyclic) bond motifs is 2. The number of benzene rings is 2. The van der Waals surface area contributed by atoms with Crippen LogP contribution in [-0.4, -0.2) is 59.5 Å².